The first-order valence-electron chi connectivity index (χ1n) is 21.1. The molecule has 0 aliphatic carbocycles. The van der Waals surface area contributed by atoms with E-state index in [1.54, 1.807) is 0 Å². The standard InChI is InChI=1S/C54H52N2O2/c1-3-5-7-17-35-57-53-47-23-13-9-19-41(47)45(42-20-10-14-24-48(42)53)29-27-39-31-33-55-51(37-39)52-38-40(32-34-56-52)28-30-46-43-21-11-15-25-49(43)54(58-36-18-8-6-4-2)50-26-16-12-22-44(46)50/h9-16,19-34,37-38H,3-8,17-18,35-36H2,1-2H3/b29-27+,30-28+. The molecule has 0 saturated carbocycles. The predicted octanol–water partition coefficient (Wildman–Crippen LogP) is 15.0. The highest BCUT2D eigenvalue weighted by molar-refractivity contribution is 6.14. The summed E-state index contributed by atoms with van der Waals surface area (Å²) >= 11 is 0. The Bertz CT molecular complexity index is 2430. The maximum absolute atomic E-state index is 6.53. The van der Waals surface area contributed by atoms with E-state index < -0.39 is 0 Å². The molecule has 0 bridgehead atoms. The Morgan fingerprint density at radius 1 is 0.397 bits per heavy atom. The van der Waals surface area contributed by atoms with Gasteiger partial charge in [0.15, 0.2) is 0 Å². The Morgan fingerprint density at radius 2 is 0.741 bits per heavy atom. The van der Waals surface area contributed by atoms with E-state index in [-0.39, 0.29) is 0 Å². The third kappa shape index (κ3) is 8.52. The van der Waals surface area contributed by atoms with Crippen LogP contribution in [0.3, 0.4) is 0 Å². The first kappa shape index (κ1) is 38.6. The Labute approximate surface area is 342 Å². The summed E-state index contributed by atoms with van der Waals surface area (Å²) in [5, 5.41) is 9.30. The van der Waals surface area contributed by atoms with Gasteiger partial charge in [-0.2, -0.15) is 0 Å². The predicted molar refractivity (Wildman–Crippen MR) is 248 cm³/mol. The second-order valence-electron chi connectivity index (χ2n) is 15.1. The van der Waals surface area contributed by atoms with Crippen molar-refractivity contribution < 1.29 is 9.47 Å². The molecule has 0 spiro atoms. The highest BCUT2D eigenvalue weighted by Gasteiger charge is 2.15. The smallest absolute Gasteiger partial charge is 0.134 e. The van der Waals surface area contributed by atoms with Crippen LogP contribution in [0, 0.1) is 0 Å². The van der Waals surface area contributed by atoms with Crippen LogP contribution < -0.4 is 9.47 Å². The van der Waals surface area contributed by atoms with Crippen molar-refractivity contribution in [1.29, 1.82) is 0 Å². The van der Waals surface area contributed by atoms with Gasteiger partial charge in [0, 0.05) is 33.9 Å². The minimum atomic E-state index is 0.726. The molecule has 2 heterocycles. The molecular weight excluding hydrogens is 709 g/mol. The van der Waals surface area contributed by atoms with Crippen molar-refractivity contribution in [3.05, 3.63) is 156 Å². The Morgan fingerprint density at radius 3 is 1.09 bits per heavy atom. The van der Waals surface area contributed by atoms with Crippen LogP contribution in [0.25, 0.3) is 78.8 Å². The zero-order chi connectivity index (χ0) is 39.5. The highest BCUT2D eigenvalue weighted by Crippen LogP contribution is 2.41. The Hall–Kier alpha value is -6.26. The van der Waals surface area contributed by atoms with Crippen LogP contribution in [0.15, 0.2) is 134 Å². The summed E-state index contributed by atoms with van der Waals surface area (Å²) < 4.78 is 13.1. The zero-order valence-electron chi connectivity index (χ0n) is 33.8. The summed E-state index contributed by atoms with van der Waals surface area (Å²) in [6, 6.07) is 42.8. The molecule has 0 fully saturated rings. The van der Waals surface area contributed by atoms with Gasteiger partial charge in [-0.25, -0.2) is 0 Å². The molecule has 2 aromatic heterocycles. The average molecular weight is 761 g/mol. The molecule has 0 unspecified atom stereocenters. The number of unbranched alkanes of at least 4 members (excludes halogenated alkanes) is 6. The average Bonchev–Trinajstić information content (AvgIpc) is 3.28. The molecule has 0 aliphatic heterocycles. The SMILES string of the molecule is CCCCCCOc1c2ccccc2c(/C=C/c2ccnc(-c3cc(/C=C/c4c5ccccc5c(OCCCCCC)c5ccccc45)ccn3)c2)c2ccccc12. The molecule has 0 N–H and O–H groups in total. The van der Waals surface area contributed by atoms with Crippen LogP contribution in [0.5, 0.6) is 11.5 Å². The molecule has 4 heteroatoms. The van der Waals surface area contributed by atoms with Crippen molar-refractivity contribution in [3.63, 3.8) is 0 Å². The molecule has 8 aromatic rings. The summed E-state index contributed by atoms with van der Waals surface area (Å²) in [5.74, 6) is 1.96. The van der Waals surface area contributed by atoms with Gasteiger partial charge in [0.25, 0.3) is 0 Å². The molecule has 0 saturated heterocycles. The summed E-state index contributed by atoms with van der Waals surface area (Å²) in [7, 11) is 0. The maximum atomic E-state index is 6.53. The van der Waals surface area contributed by atoms with Gasteiger partial charge in [0.2, 0.25) is 0 Å². The fourth-order valence-corrected chi connectivity index (χ4v) is 8.06. The molecule has 0 amide bonds. The molecule has 8 rings (SSSR count). The largest absolute Gasteiger partial charge is 0.492 e. The third-order valence-electron chi connectivity index (χ3n) is 11.1. The lowest BCUT2D eigenvalue weighted by Gasteiger charge is -2.16. The quantitative estimate of drug-likeness (QED) is 0.0685. The first-order chi connectivity index (χ1) is 28.7. The summed E-state index contributed by atoms with van der Waals surface area (Å²) in [6.07, 6.45) is 22.0. The van der Waals surface area contributed by atoms with E-state index in [1.165, 1.54) is 71.2 Å². The van der Waals surface area contributed by atoms with Crippen molar-refractivity contribution in [2.24, 2.45) is 0 Å². The van der Waals surface area contributed by atoms with Crippen molar-refractivity contribution in [2.75, 3.05) is 13.2 Å². The lowest BCUT2D eigenvalue weighted by Crippen LogP contribution is -1.99. The van der Waals surface area contributed by atoms with Crippen molar-refractivity contribution in [2.45, 2.75) is 65.2 Å². The van der Waals surface area contributed by atoms with E-state index >= 15 is 0 Å². The first-order valence-corrected chi connectivity index (χ1v) is 21.1. The number of nitrogens with zero attached hydrogens (tertiary/aromatic N) is 2. The summed E-state index contributed by atoms with van der Waals surface area (Å²) in [6.45, 7) is 5.93. The fraction of sp³-hybridized carbons (Fsp3) is 0.222. The fourth-order valence-electron chi connectivity index (χ4n) is 8.06. The molecule has 290 valence electrons. The number of hydrogen-bond donors (Lipinski definition) is 0. The number of rotatable bonds is 17. The van der Waals surface area contributed by atoms with Gasteiger partial charge in [-0.05, 0) is 80.9 Å². The maximum Gasteiger partial charge on any atom is 0.134 e. The lowest BCUT2D eigenvalue weighted by molar-refractivity contribution is 0.311. The summed E-state index contributed by atoms with van der Waals surface area (Å²) in [5.41, 5.74) is 6.13. The third-order valence-corrected chi connectivity index (χ3v) is 11.1. The minimum Gasteiger partial charge on any atom is -0.492 e. The molecule has 58 heavy (non-hydrogen) atoms. The summed E-state index contributed by atoms with van der Waals surface area (Å²) in [4.78, 5) is 9.53. The zero-order valence-corrected chi connectivity index (χ0v) is 33.8. The van der Waals surface area contributed by atoms with E-state index in [9.17, 15) is 0 Å². The number of benzene rings is 6. The normalized spacial score (nSPS) is 11.8. The minimum absolute atomic E-state index is 0.726. The molecule has 0 radical (unpaired) electrons. The lowest BCUT2D eigenvalue weighted by atomic mass is 9.94. The van der Waals surface area contributed by atoms with Gasteiger partial charge in [0.1, 0.15) is 11.5 Å². The second kappa shape index (κ2) is 18.8. The van der Waals surface area contributed by atoms with E-state index in [4.69, 9.17) is 19.4 Å². The van der Waals surface area contributed by atoms with Gasteiger partial charge in [-0.15, -0.1) is 0 Å². The Kier molecular flexibility index (Phi) is 12.5. The number of hydrogen-bond acceptors (Lipinski definition) is 4. The van der Waals surface area contributed by atoms with Crippen LogP contribution >= 0.6 is 0 Å². The number of ether oxygens (including phenoxy) is 2. The van der Waals surface area contributed by atoms with E-state index in [0.29, 0.717) is 0 Å². The molecule has 0 atom stereocenters. The number of aromatic nitrogens is 2. The van der Waals surface area contributed by atoms with Crippen LogP contribution in [0.2, 0.25) is 0 Å². The second-order valence-corrected chi connectivity index (χ2v) is 15.1. The van der Waals surface area contributed by atoms with Crippen LogP contribution in [0.4, 0.5) is 0 Å². The monoisotopic (exact) mass is 760 g/mol. The van der Waals surface area contributed by atoms with Gasteiger partial charge in [-0.3, -0.25) is 9.97 Å². The van der Waals surface area contributed by atoms with Gasteiger partial charge in [0.05, 0.1) is 24.6 Å². The number of fused-ring (bicyclic) bond motifs is 4. The van der Waals surface area contributed by atoms with E-state index in [0.717, 1.165) is 81.6 Å². The molecule has 4 nitrogen and oxygen atoms in total. The Balaban J connectivity index is 1.08. The number of pyridine rings is 2. The van der Waals surface area contributed by atoms with Crippen LogP contribution in [0.1, 0.15) is 87.5 Å². The van der Waals surface area contributed by atoms with E-state index in [1.807, 2.05) is 12.4 Å². The van der Waals surface area contributed by atoms with Crippen LogP contribution in [-0.2, 0) is 0 Å². The molecule has 6 aromatic carbocycles. The van der Waals surface area contributed by atoms with Crippen molar-refractivity contribution in [1.82, 2.24) is 9.97 Å². The topological polar surface area (TPSA) is 44.2 Å². The van der Waals surface area contributed by atoms with Crippen LogP contribution in [-0.4, -0.2) is 23.2 Å². The van der Waals surface area contributed by atoms with E-state index in [2.05, 4.69) is 159 Å². The highest BCUT2D eigenvalue weighted by atomic mass is 16.5. The molecular formula is C54H52N2O2. The van der Waals surface area contributed by atoms with Gasteiger partial charge < -0.3 is 9.47 Å². The van der Waals surface area contributed by atoms with Crippen molar-refractivity contribution in [3.8, 4) is 22.9 Å². The van der Waals surface area contributed by atoms with Gasteiger partial charge >= 0.3 is 0 Å². The van der Waals surface area contributed by atoms with Gasteiger partial charge in [-0.1, -0.05) is 174 Å². The molecule has 0 aliphatic rings. The van der Waals surface area contributed by atoms with Crippen molar-refractivity contribution >= 4 is 67.4 Å².